The molecule has 9 heteroatoms. The summed E-state index contributed by atoms with van der Waals surface area (Å²) in [6, 6.07) is 4.90. The number of hydrogen-bond acceptors (Lipinski definition) is 9. The third kappa shape index (κ3) is 6.68. The van der Waals surface area contributed by atoms with Crippen LogP contribution in [0.4, 0.5) is 0 Å². The maximum absolute atomic E-state index is 13.5. The molecule has 38 heavy (non-hydrogen) atoms. The number of aromatic nitrogens is 1. The van der Waals surface area contributed by atoms with Gasteiger partial charge in [0.05, 0.1) is 5.92 Å². The van der Waals surface area contributed by atoms with E-state index < -0.39 is 47.1 Å². The van der Waals surface area contributed by atoms with Gasteiger partial charge in [-0.1, -0.05) is 35.1 Å². The number of esters is 2. The number of rotatable bonds is 4. The van der Waals surface area contributed by atoms with Gasteiger partial charge in [0.15, 0.2) is 11.4 Å². The molecule has 5 unspecified atom stereocenters. The Kier molecular flexibility index (Phi) is 11.9. The first-order valence-corrected chi connectivity index (χ1v) is 12.8. The van der Waals surface area contributed by atoms with E-state index in [2.05, 4.69) is 4.98 Å². The van der Waals surface area contributed by atoms with Crippen molar-refractivity contribution in [3.63, 3.8) is 0 Å². The van der Waals surface area contributed by atoms with E-state index in [1.807, 2.05) is 27.7 Å². The van der Waals surface area contributed by atoms with Crippen LogP contribution in [0, 0.1) is 11.8 Å². The van der Waals surface area contributed by atoms with E-state index in [1.54, 1.807) is 32.2 Å². The van der Waals surface area contributed by atoms with Crippen LogP contribution >= 0.6 is 0 Å². The Hall–Kier alpha value is -3.49. The fourth-order valence-corrected chi connectivity index (χ4v) is 4.81. The Morgan fingerprint density at radius 2 is 1.76 bits per heavy atom. The standard InChI is InChI=1S/C24H25NO8.2C2H6.CH4/c1-12(30-13(2)26)16-8-17-22(28)21-19(33-24(17,4)20(9-16)31-14(3)27)10-18(32-23(21)29)15-6-5-7-25-11-15;2*1-2;/h5-7,10-12,16-17,20H,8-9H2,1-4H3;2*1-2H3;1H4. The summed E-state index contributed by atoms with van der Waals surface area (Å²) in [6.07, 6.45) is 2.45. The number of carbonyl (C=O) groups is 3. The van der Waals surface area contributed by atoms with Crippen molar-refractivity contribution >= 4 is 17.7 Å². The number of ether oxygens (including phenoxy) is 3. The molecule has 0 aromatic carbocycles. The minimum atomic E-state index is -1.21. The molecule has 1 fully saturated rings. The van der Waals surface area contributed by atoms with Gasteiger partial charge in [-0.2, -0.15) is 0 Å². The number of carbonyl (C=O) groups excluding carboxylic acids is 3. The maximum atomic E-state index is 13.5. The van der Waals surface area contributed by atoms with Gasteiger partial charge in [-0.25, -0.2) is 4.79 Å². The van der Waals surface area contributed by atoms with Gasteiger partial charge in [-0.15, -0.1) is 0 Å². The molecule has 2 aromatic rings. The lowest BCUT2D eigenvalue weighted by atomic mass is 9.65. The fourth-order valence-electron chi connectivity index (χ4n) is 4.81. The van der Waals surface area contributed by atoms with Crippen molar-refractivity contribution < 1.29 is 33.0 Å². The Balaban J connectivity index is 0.00000138. The number of fused-ring (bicyclic) bond motifs is 2. The van der Waals surface area contributed by atoms with Gasteiger partial charge in [0.25, 0.3) is 0 Å². The van der Waals surface area contributed by atoms with Gasteiger partial charge in [0.1, 0.15) is 29.3 Å². The van der Waals surface area contributed by atoms with Crippen molar-refractivity contribution in [3.8, 4) is 17.1 Å². The minimum absolute atomic E-state index is 0. The molecular weight excluding hydrogens is 490 g/mol. The second-order valence-electron chi connectivity index (χ2n) is 8.73. The van der Waals surface area contributed by atoms with Gasteiger partial charge in [-0.3, -0.25) is 19.4 Å². The van der Waals surface area contributed by atoms with Crippen LogP contribution in [0.25, 0.3) is 11.3 Å². The van der Waals surface area contributed by atoms with Crippen LogP contribution in [0.15, 0.2) is 39.8 Å². The van der Waals surface area contributed by atoms with Crippen LogP contribution in [0.2, 0.25) is 0 Å². The highest BCUT2D eigenvalue weighted by molar-refractivity contribution is 6.02. The van der Waals surface area contributed by atoms with Crippen molar-refractivity contribution in [2.24, 2.45) is 11.8 Å². The molecule has 3 heterocycles. The highest BCUT2D eigenvalue weighted by Gasteiger charge is 2.58. The molecule has 2 aliphatic rings. The van der Waals surface area contributed by atoms with E-state index in [0.717, 1.165) is 0 Å². The first-order chi connectivity index (χ1) is 17.6. The monoisotopic (exact) mass is 531 g/mol. The Morgan fingerprint density at radius 1 is 1.11 bits per heavy atom. The SMILES string of the molecule is C.CC.CC.CC(=O)OC(C)C1CC(OC(C)=O)C2(C)Oc3cc(-c4cccnc4)oc(=O)c3C(=O)C2C1. The summed E-state index contributed by atoms with van der Waals surface area (Å²) < 4.78 is 22.6. The second-order valence-corrected chi connectivity index (χ2v) is 8.73. The first-order valence-electron chi connectivity index (χ1n) is 12.8. The van der Waals surface area contributed by atoms with Crippen LogP contribution in [-0.2, 0) is 19.1 Å². The van der Waals surface area contributed by atoms with Crippen molar-refractivity contribution in [3.05, 3.63) is 46.6 Å². The van der Waals surface area contributed by atoms with Crippen molar-refractivity contribution in [2.75, 3.05) is 0 Å². The minimum Gasteiger partial charge on any atom is -0.482 e. The predicted octanol–water partition coefficient (Wildman–Crippen LogP) is 5.63. The zero-order chi connectivity index (χ0) is 27.9. The largest absolute Gasteiger partial charge is 0.482 e. The number of pyridine rings is 1. The van der Waals surface area contributed by atoms with Gasteiger partial charge < -0.3 is 18.6 Å². The zero-order valence-electron chi connectivity index (χ0n) is 22.8. The highest BCUT2D eigenvalue weighted by Crippen LogP contribution is 2.48. The molecule has 0 spiro atoms. The molecule has 1 aliphatic carbocycles. The van der Waals surface area contributed by atoms with Gasteiger partial charge in [-0.05, 0) is 38.8 Å². The molecule has 1 saturated carbocycles. The van der Waals surface area contributed by atoms with E-state index in [9.17, 15) is 19.2 Å². The average Bonchev–Trinajstić information content (AvgIpc) is 2.86. The van der Waals surface area contributed by atoms with Gasteiger partial charge >= 0.3 is 17.6 Å². The van der Waals surface area contributed by atoms with Crippen molar-refractivity contribution in [2.45, 2.75) is 93.5 Å². The molecule has 0 radical (unpaired) electrons. The normalized spacial score (nSPS) is 23.7. The Bertz CT molecular complexity index is 1160. The number of ketones is 1. The van der Waals surface area contributed by atoms with E-state index >= 15 is 0 Å². The zero-order valence-corrected chi connectivity index (χ0v) is 22.8. The summed E-state index contributed by atoms with van der Waals surface area (Å²) in [4.78, 5) is 53.7. The van der Waals surface area contributed by atoms with Crippen LogP contribution in [-0.4, -0.2) is 40.5 Å². The maximum Gasteiger partial charge on any atom is 0.351 e. The van der Waals surface area contributed by atoms with Crippen molar-refractivity contribution in [1.82, 2.24) is 4.98 Å². The second kappa shape index (κ2) is 13.9. The number of Topliss-reactive ketones (excluding diaryl/α,β-unsaturated/α-hetero) is 1. The number of nitrogens with zero attached hydrogens (tertiary/aromatic N) is 1. The fraction of sp³-hybridized carbons (Fsp3) is 0.552. The predicted molar refractivity (Wildman–Crippen MR) is 144 cm³/mol. The lowest BCUT2D eigenvalue weighted by Gasteiger charge is -2.50. The summed E-state index contributed by atoms with van der Waals surface area (Å²) in [5.41, 5.74) is -1.64. The van der Waals surface area contributed by atoms with E-state index in [4.69, 9.17) is 18.6 Å². The van der Waals surface area contributed by atoms with E-state index in [0.29, 0.717) is 18.4 Å². The molecule has 0 amide bonds. The van der Waals surface area contributed by atoms with E-state index in [-0.39, 0.29) is 30.4 Å². The van der Waals surface area contributed by atoms with Gasteiger partial charge in [0.2, 0.25) is 0 Å². The Morgan fingerprint density at radius 3 is 2.32 bits per heavy atom. The van der Waals surface area contributed by atoms with Crippen LogP contribution in [0.1, 0.15) is 86.0 Å². The molecule has 5 atom stereocenters. The molecule has 0 N–H and O–H groups in total. The molecule has 2 aromatic heterocycles. The molecule has 4 rings (SSSR count). The molecule has 210 valence electrons. The Labute approximate surface area is 224 Å². The molecular formula is C29H41NO8. The summed E-state index contributed by atoms with van der Waals surface area (Å²) in [6.45, 7) is 14.0. The third-order valence-electron chi connectivity index (χ3n) is 6.46. The topological polar surface area (TPSA) is 122 Å². The molecule has 0 bridgehead atoms. The summed E-state index contributed by atoms with van der Waals surface area (Å²) in [5.74, 6) is -2.18. The van der Waals surface area contributed by atoms with Crippen molar-refractivity contribution in [1.29, 1.82) is 0 Å². The first kappa shape index (κ1) is 32.5. The summed E-state index contributed by atoms with van der Waals surface area (Å²) in [7, 11) is 0. The average molecular weight is 532 g/mol. The molecule has 0 saturated heterocycles. The van der Waals surface area contributed by atoms with Crippen LogP contribution < -0.4 is 10.4 Å². The number of hydrogen-bond donors (Lipinski definition) is 0. The molecule has 9 nitrogen and oxygen atoms in total. The van der Waals surface area contributed by atoms with E-state index in [1.165, 1.54) is 26.1 Å². The quantitative estimate of drug-likeness (QED) is 0.462. The lowest BCUT2D eigenvalue weighted by Crippen LogP contribution is -2.62. The third-order valence-corrected chi connectivity index (χ3v) is 6.46. The van der Waals surface area contributed by atoms with Crippen LogP contribution in [0.5, 0.6) is 5.75 Å². The summed E-state index contributed by atoms with van der Waals surface area (Å²) >= 11 is 0. The summed E-state index contributed by atoms with van der Waals surface area (Å²) in [5, 5.41) is 0. The molecule has 1 aliphatic heterocycles. The van der Waals surface area contributed by atoms with Gasteiger partial charge in [0, 0.05) is 43.8 Å². The highest BCUT2D eigenvalue weighted by atomic mass is 16.6. The van der Waals surface area contributed by atoms with Crippen LogP contribution in [0.3, 0.4) is 0 Å². The lowest BCUT2D eigenvalue weighted by molar-refractivity contribution is -0.179. The smallest absolute Gasteiger partial charge is 0.351 e.